The number of aromatic nitrogens is 1. The van der Waals surface area contributed by atoms with Crippen molar-refractivity contribution in [1.29, 1.82) is 0 Å². The average molecular weight is 412 g/mol. The quantitative estimate of drug-likeness (QED) is 0.239. The number of rotatable bonds is 7. The van der Waals surface area contributed by atoms with Crippen LogP contribution < -0.4 is 14.6 Å². The molecule has 3 aromatic rings. The van der Waals surface area contributed by atoms with Gasteiger partial charge in [0.25, 0.3) is 5.70 Å². The van der Waals surface area contributed by atoms with Crippen molar-refractivity contribution in [3.63, 3.8) is 0 Å². The number of hydrogen-bond donors (Lipinski definition) is 2. The number of nitrogens with one attached hydrogen (secondary N) is 1. The molecule has 0 bridgehead atoms. The van der Waals surface area contributed by atoms with Gasteiger partial charge >= 0.3 is 0 Å². The first kappa shape index (κ1) is 20.0. The third kappa shape index (κ3) is 4.77. The number of pyridine rings is 1. The summed E-state index contributed by atoms with van der Waals surface area (Å²) in [5, 5.41) is 16.1. The molecular weight excluding hydrogens is 388 g/mol. The molecule has 0 aliphatic rings. The lowest BCUT2D eigenvalue weighted by Crippen LogP contribution is -2.38. The molecule has 1 aromatic carbocycles. The number of aliphatic hydroxyl groups excluding tert-OH is 1. The van der Waals surface area contributed by atoms with Crippen molar-refractivity contribution in [2.45, 2.75) is 19.8 Å². The number of benzene rings is 1. The minimum Gasteiger partial charge on any atom is -0.501 e. The molecule has 4 nitrogen and oxygen atoms in total. The van der Waals surface area contributed by atoms with E-state index in [9.17, 15) is 5.11 Å². The van der Waals surface area contributed by atoms with Crippen LogP contribution in [0.2, 0.25) is 0 Å². The predicted molar refractivity (Wildman–Crippen MR) is 120 cm³/mol. The van der Waals surface area contributed by atoms with E-state index in [2.05, 4.69) is 24.4 Å². The molecular formula is C22H23N2O2S2+. The molecule has 6 heteroatoms. The molecule has 0 atom stereocenters. The Morgan fingerprint density at radius 1 is 1.18 bits per heavy atom. The second-order valence-electron chi connectivity index (χ2n) is 6.22. The zero-order valence-electron chi connectivity index (χ0n) is 15.9. The molecule has 2 N–H and O–H groups in total. The number of thiophene rings is 1. The van der Waals surface area contributed by atoms with Crippen LogP contribution in [0.3, 0.4) is 0 Å². The smallest absolute Gasteiger partial charge is 0.289 e. The van der Waals surface area contributed by atoms with Gasteiger partial charge in [-0.05, 0) is 35.6 Å². The Morgan fingerprint density at radius 2 is 1.96 bits per heavy atom. The normalized spacial score (nSPS) is 11.6. The maximum absolute atomic E-state index is 11.0. The largest absolute Gasteiger partial charge is 0.501 e. The molecule has 2 aromatic heterocycles. The molecule has 2 heterocycles. The predicted octanol–water partition coefficient (Wildman–Crippen LogP) is 5.32. The highest BCUT2D eigenvalue weighted by atomic mass is 32.1. The van der Waals surface area contributed by atoms with Crippen molar-refractivity contribution < 1.29 is 14.4 Å². The van der Waals surface area contributed by atoms with Gasteiger partial charge in [-0.2, -0.15) is 4.57 Å². The van der Waals surface area contributed by atoms with Gasteiger partial charge in [-0.25, -0.2) is 0 Å². The highest BCUT2D eigenvalue weighted by Gasteiger charge is 2.24. The van der Waals surface area contributed by atoms with Gasteiger partial charge in [-0.3, -0.25) is 0 Å². The first-order valence-corrected chi connectivity index (χ1v) is 10.3. The Morgan fingerprint density at radius 3 is 2.61 bits per heavy atom. The molecule has 28 heavy (non-hydrogen) atoms. The van der Waals surface area contributed by atoms with E-state index in [0.29, 0.717) is 10.7 Å². The van der Waals surface area contributed by atoms with Gasteiger partial charge in [-0.15, -0.1) is 11.3 Å². The molecule has 0 unspecified atom stereocenters. The van der Waals surface area contributed by atoms with E-state index >= 15 is 0 Å². The van der Waals surface area contributed by atoms with Crippen molar-refractivity contribution >= 4 is 45.7 Å². The van der Waals surface area contributed by atoms with Gasteiger partial charge in [-0.1, -0.05) is 37.7 Å². The summed E-state index contributed by atoms with van der Waals surface area (Å²) in [4.78, 5) is 1.18. The minimum absolute atomic E-state index is 0.142. The van der Waals surface area contributed by atoms with E-state index in [1.165, 1.54) is 16.9 Å². The lowest BCUT2D eigenvalue weighted by Gasteiger charge is -2.10. The van der Waals surface area contributed by atoms with Crippen LogP contribution in [-0.2, 0) is 6.42 Å². The Hall–Kier alpha value is -2.70. The summed E-state index contributed by atoms with van der Waals surface area (Å²) in [5.74, 6) is 0.876. The summed E-state index contributed by atoms with van der Waals surface area (Å²) < 4.78 is 7.13. The second kappa shape index (κ2) is 9.48. The average Bonchev–Trinajstić information content (AvgIpc) is 3.25. The molecule has 0 saturated carbocycles. The lowest BCUT2D eigenvalue weighted by atomic mass is 10.1. The van der Waals surface area contributed by atoms with E-state index in [1.807, 2.05) is 58.7 Å². The number of nitrogens with zero attached hydrogens (tertiary/aromatic N) is 1. The molecule has 0 saturated heterocycles. The highest BCUT2D eigenvalue weighted by Crippen LogP contribution is 2.24. The zero-order valence-corrected chi connectivity index (χ0v) is 17.5. The molecule has 0 spiro atoms. The molecule has 0 radical (unpaired) electrons. The van der Waals surface area contributed by atoms with Crippen molar-refractivity contribution in [3.05, 3.63) is 76.7 Å². The summed E-state index contributed by atoms with van der Waals surface area (Å²) in [6.45, 7) is 2.15. The van der Waals surface area contributed by atoms with Crippen LogP contribution in [0.4, 0.5) is 5.69 Å². The number of methoxy groups -OCH3 is 1. The summed E-state index contributed by atoms with van der Waals surface area (Å²) >= 11 is 7.13. The number of ether oxygens (including phenoxy) is 1. The fourth-order valence-electron chi connectivity index (χ4n) is 2.83. The van der Waals surface area contributed by atoms with Gasteiger partial charge in [0, 0.05) is 23.9 Å². The van der Waals surface area contributed by atoms with Crippen LogP contribution in [-0.4, -0.2) is 17.2 Å². The van der Waals surface area contributed by atoms with Crippen molar-refractivity contribution in [1.82, 2.24) is 0 Å². The molecule has 0 amide bonds. The molecule has 0 aliphatic heterocycles. The summed E-state index contributed by atoms with van der Waals surface area (Å²) in [6.07, 6.45) is 5.97. The van der Waals surface area contributed by atoms with Crippen LogP contribution in [0.15, 0.2) is 66.3 Å². The Bertz CT molecular complexity index is 964. The van der Waals surface area contributed by atoms with Crippen LogP contribution in [0.1, 0.15) is 23.8 Å². The second-order valence-corrected chi connectivity index (χ2v) is 7.58. The third-order valence-electron chi connectivity index (χ3n) is 4.22. The fourth-order valence-corrected chi connectivity index (χ4v) is 3.82. The van der Waals surface area contributed by atoms with Crippen LogP contribution in [0, 0.1) is 0 Å². The van der Waals surface area contributed by atoms with Crippen LogP contribution in [0.5, 0.6) is 5.75 Å². The first-order valence-electron chi connectivity index (χ1n) is 9.05. The van der Waals surface area contributed by atoms with E-state index in [4.69, 9.17) is 17.0 Å². The zero-order chi connectivity index (χ0) is 19.9. The first-order chi connectivity index (χ1) is 13.6. The Balaban J connectivity index is 1.98. The number of aliphatic hydroxyl groups is 1. The minimum atomic E-state index is 0.142. The lowest BCUT2D eigenvalue weighted by molar-refractivity contribution is -0.575. The number of aryl methyl sites for hydroxylation is 1. The van der Waals surface area contributed by atoms with E-state index in [-0.39, 0.29) is 5.76 Å². The van der Waals surface area contributed by atoms with E-state index in [0.717, 1.165) is 29.2 Å². The summed E-state index contributed by atoms with van der Waals surface area (Å²) in [6, 6.07) is 15.4. The van der Waals surface area contributed by atoms with Crippen LogP contribution >= 0.6 is 23.6 Å². The van der Waals surface area contributed by atoms with Gasteiger partial charge in [0.15, 0.2) is 17.4 Å². The monoisotopic (exact) mass is 411 g/mol. The SMILES string of the molecule is CCCc1cc[n+](/C(C(=S)Nc2cccc(OC)c2)=C(\O)c2cccs2)cc1. The van der Waals surface area contributed by atoms with Gasteiger partial charge in [0.05, 0.1) is 12.0 Å². The van der Waals surface area contributed by atoms with E-state index < -0.39 is 0 Å². The Labute approximate surface area is 174 Å². The fraction of sp³-hybridized carbons (Fsp3) is 0.182. The topological polar surface area (TPSA) is 45.4 Å². The number of hydrogen-bond acceptors (Lipinski definition) is 4. The van der Waals surface area contributed by atoms with Crippen molar-refractivity contribution in [3.8, 4) is 5.75 Å². The summed E-state index contributed by atoms with van der Waals surface area (Å²) in [7, 11) is 1.62. The van der Waals surface area contributed by atoms with Gasteiger partial charge < -0.3 is 15.2 Å². The Kier molecular flexibility index (Phi) is 6.79. The standard InChI is InChI=1S/C22H22N2O2S2/c1-3-6-16-10-12-24(13-11-16)20(21(25)19-9-5-14-28-19)22(27)23-17-7-4-8-18(15-17)26-2/h4-5,7-15H,3,6H2,1-2H3,(H-,23,25,27)/p+1. The van der Waals surface area contributed by atoms with Crippen LogP contribution in [0.25, 0.3) is 11.5 Å². The van der Waals surface area contributed by atoms with E-state index in [1.54, 1.807) is 7.11 Å². The van der Waals surface area contributed by atoms with Gasteiger partial charge in [0.1, 0.15) is 5.75 Å². The number of thiocarbonyl (C=S) groups is 1. The van der Waals surface area contributed by atoms with Gasteiger partial charge in [0.2, 0.25) is 5.76 Å². The molecule has 0 fully saturated rings. The number of anilines is 1. The van der Waals surface area contributed by atoms with Crippen molar-refractivity contribution in [2.24, 2.45) is 0 Å². The highest BCUT2D eigenvalue weighted by molar-refractivity contribution is 7.81. The maximum Gasteiger partial charge on any atom is 0.289 e. The third-order valence-corrected chi connectivity index (χ3v) is 5.39. The molecule has 3 rings (SSSR count). The molecule has 144 valence electrons. The van der Waals surface area contributed by atoms with Crippen molar-refractivity contribution in [2.75, 3.05) is 12.4 Å². The maximum atomic E-state index is 11.0. The molecule has 0 aliphatic carbocycles. The summed E-state index contributed by atoms with van der Waals surface area (Å²) in [5.41, 5.74) is 2.58.